The molecule has 0 bridgehead atoms. The number of benzene rings is 1. The van der Waals surface area contributed by atoms with Gasteiger partial charge < -0.3 is 15.1 Å². The van der Waals surface area contributed by atoms with E-state index in [9.17, 15) is 9.59 Å². The number of amides is 2. The molecule has 6 heteroatoms. The van der Waals surface area contributed by atoms with Gasteiger partial charge in [-0.15, -0.1) is 0 Å². The number of nitrogens with one attached hydrogen (secondary N) is 1. The zero-order valence-electron chi connectivity index (χ0n) is 13.1. The highest BCUT2D eigenvalue weighted by Crippen LogP contribution is 2.26. The van der Waals surface area contributed by atoms with Crippen molar-refractivity contribution in [3.05, 3.63) is 35.9 Å². The molecule has 118 valence electrons. The molecule has 0 spiro atoms. The van der Waals surface area contributed by atoms with Crippen molar-refractivity contribution in [3.8, 4) is 0 Å². The zero-order valence-corrected chi connectivity index (χ0v) is 13.1. The molecule has 22 heavy (non-hydrogen) atoms. The summed E-state index contributed by atoms with van der Waals surface area (Å²) in [5.41, 5.74) is 0.677. The van der Waals surface area contributed by atoms with Crippen molar-refractivity contribution in [2.45, 2.75) is 25.4 Å². The van der Waals surface area contributed by atoms with Gasteiger partial charge in [-0.25, -0.2) is 0 Å². The van der Waals surface area contributed by atoms with E-state index in [1.165, 1.54) is 4.90 Å². The van der Waals surface area contributed by atoms with Crippen LogP contribution in [0, 0.1) is 0 Å². The van der Waals surface area contributed by atoms with Crippen LogP contribution in [0.4, 0.5) is 0 Å². The van der Waals surface area contributed by atoms with Gasteiger partial charge in [-0.1, -0.05) is 35.5 Å². The fourth-order valence-electron chi connectivity index (χ4n) is 2.14. The molecule has 1 heterocycles. The highest BCUT2D eigenvalue weighted by atomic mass is 16.7. The van der Waals surface area contributed by atoms with Crippen LogP contribution in [0.25, 0.3) is 0 Å². The van der Waals surface area contributed by atoms with Crippen molar-refractivity contribution in [1.29, 1.82) is 0 Å². The van der Waals surface area contributed by atoms with Gasteiger partial charge in [0.2, 0.25) is 11.5 Å². The first-order valence-electron chi connectivity index (χ1n) is 7.21. The predicted octanol–water partition coefficient (Wildman–Crippen LogP) is 1.16. The minimum atomic E-state index is -1.02. The van der Waals surface area contributed by atoms with Crippen molar-refractivity contribution in [3.63, 3.8) is 0 Å². The minimum absolute atomic E-state index is 0.0287. The highest BCUT2D eigenvalue weighted by molar-refractivity contribution is 6.05. The smallest absolute Gasteiger partial charge is 0.267 e. The van der Waals surface area contributed by atoms with Crippen molar-refractivity contribution >= 4 is 17.5 Å². The van der Waals surface area contributed by atoms with Crippen LogP contribution in [0.2, 0.25) is 0 Å². The van der Waals surface area contributed by atoms with E-state index in [2.05, 4.69) is 10.5 Å². The summed E-state index contributed by atoms with van der Waals surface area (Å²) in [5.74, 6) is -0.284. The van der Waals surface area contributed by atoms with E-state index in [-0.39, 0.29) is 24.8 Å². The first kappa shape index (κ1) is 16.0. The van der Waals surface area contributed by atoms with Crippen LogP contribution < -0.4 is 5.32 Å². The molecule has 1 aliphatic rings. The number of oxime groups is 1. The van der Waals surface area contributed by atoms with Crippen LogP contribution in [0.15, 0.2) is 35.5 Å². The average Bonchev–Trinajstić information content (AvgIpc) is 2.91. The van der Waals surface area contributed by atoms with Gasteiger partial charge >= 0.3 is 0 Å². The molecule has 1 aromatic rings. The second-order valence-electron chi connectivity index (χ2n) is 5.70. The maximum Gasteiger partial charge on any atom is 0.267 e. The quantitative estimate of drug-likeness (QED) is 0.887. The molecular formula is C16H21N3O3. The number of carbonyl (C=O) groups excluding carboxylic acids is 2. The molecule has 1 unspecified atom stereocenters. The molecule has 1 N–H and O–H groups in total. The van der Waals surface area contributed by atoms with Gasteiger partial charge in [-0.3, -0.25) is 9.59 Å². The SMILES string of the molecule is CN(C)C(=O)CCNC(=O)C1(C)CC(c2ccccc2)=NO1. The summed E-state index contributed by atoms with van der Waals surface area (Å²) in [5, 5.41) is 6.77. The molecule has 0 saturated carbocycles. The van der Waals surface area contributed by atoms with Crippen LogP contribution in [0.1, 0.15) is 25.3 Å². The number of hydrogen-bond acceptors (Lipinski definition) is 4. The van der Waals surface area contributed by atoms with E-state index in [1.807, 2.05) is 30.3 Å². The molecular weight excluding hydrogens is 282 g/mol. The summed E-state index contributed by atoms with van der Waals surface area (Å²) in [7, 11) is 3.37. The van der Waals surface area contributed by atoms with Crippen molar-refractivity contribution < 1.29 is 14.4 Å². The fraction of sp³-hybridized carbons (Fsp3) is 0.438. The molecule has 0 fully saturated rings. The Hall–Kier alpha value is -2.37. The third kappa shape index (κ3) is 3.63. The molecule has 2 rings (SSSR count). The van der Waals surface area contributed by atoms with Gasteiger partial charge in [0.05, 0.1) is 5.71 Å². The molecule has 0 radical (unpaired) electrons. The van der Waals surface area contributed by atoms with Crippen LogP contribution in [-0.2, 0) is 14.4 Å². The Labute approximate surface area is 130 Å². The second-order valence-corrected chi connectivity index (χ2v) is 5.70. The molecule has 0 aromatic heterocycles. The Kier molecular flexibility index (Phi) is 4.80. The van der Waals surface area contributed by atoms with Gasteiger partial charge in [0.25, 0.3) is 5.91 Å². The molecule has 2 amide bonds. The Morgan fingerprint density at radius 1 is 1.32 bits per heavy atom. The third-order valence-electron chi connectivity index (χ3n) is 3.57. The minimum Gasteiger partial charge on any atom is -0.379 e. The van der Waals surface area contributed by atoms with Crippen molar-refractivity contribution in [2.75, 3.05) is 20.6 Å². The maximum absolute atomic E-state index is 12.3. The van der Waals surface area contributed by atoms with Crippen molar-refractivity contribution in [1.82, 2.24) is 10.2 Å². The molecule has 6 nitrogen and oxygen atoms in total. The predicted molar refractivity (Wildman–Crippen MR) is 83.4 cm³/mol. The lowest BCUT2D eigenvalue weighted by Crippen LogP contribution is -2.45. The summed E-state index contributed by atoms with van der Waals surface area (Å²) in [6, 6.07) is 9.62. The molecule has 0 saturated heterocycles. The standard InChI is InChI=1S/C16H21N3O3/c1-16(15(21)17-10-9-14(20)19(2)3)11-13(18-22-16)12-7-5-4-6-8-12/h4-8H,9-11H2,1-3H3,(H,17,21). The Bertz CT molecular complexity index is 584. The largest absolute Gasteiger partial charge is 0.379 e. The number of nitrogens with zero attached hydrogens (tertiary/aromatic N) is 2. The van der Waals surface area contributed by atoms with Crippen LogP contribution in [0.3, 0.4) is 0 Å². The maximum atomic E-state index is 12.3. The molecule has 1 aliphatic heterocycles. The van der Waals surface area contributed by atoms with Gasteiger partial charge in [0, 0.05) is 33.5 Å². The van der Waals surface area contributed by atoms with Crippen molar-refractivity contribution in [2.24, 2.45) is 5.16 Å². The number of hydrogen-bond donors (Lipinski definition) is 1. The number of rotatable bonds is 5. The van der Waals surface area contributed by atoms with E-state index >= 15 is 0 Å². The summed E-state index contributed by atoms with van der Waals surface area (Å²) < 4.78 is 0. The van der Waals surface area contributed by atoms with E-state index in [4.69, 9.17) is 4.84 Å². The first-order chi connectivity index (χ1) is 10.4. The monoisotopic (exact) mass is 303 g/mol. The molecule has 0 aliphatic carbocycles. The van der Waals surface area contributed by atoms with Crippen LogP contribution >= 0.6 is 0 Å². The van der Waals surface area contributed by atoms with Gasteiger partial charge in [-0.05, 0) is 12.5 Å². The third-order valence-corrected chi connectivity index (χ3v) is 3.57. The van der Waals surface area contributed by atoms with Crippen LogP contribution in [-0.4, -0.2) is 48.7 Å². The lowest BCUT2D eigenvalue weighted by Gasteiger charge is -2.20. The normalized spacial score (nSPS) is 20.0. The second kappa shape index (κ2) is 6.60. The zero-order chi connectivity index (χ0) is 16.2. The highest BCUT2D eigenvalue weighted by Gasteiger charge is 2.42. The number of carbonyl (C=O) groups is 2. The van der Waals surface area contributed by atoms with E-state index in [1.54, 1.807) is 21.0 Å². The van der Waals surface area contributed by atoms with Gasteiger partial charge in [-0.2, -0.15) is 0 Å². The lowest BCUT2D eigenvalue weighted by molar-refractivity contribution is -0.141. The fourth-order valence-corrected chi connectivity index (χ4v) is 2.14. The Morgan fingerprint density at radius 2 is 2.00 bits per heavy atom. The van der Waals surface area contributed by atoms with Gasteiger partial charge in [0.15, 0.2) is 0 Å². The Morgan fingerprint density at radius 3 is 2.64 bits per heavy atom. The summed E-state index contributed by atoms with van der Waals surface area (Å²) >= 11 is 0. The summed E-state index contributed by atoms with van der Waals surface area (Å²) in [6.45, 7) is 1.99. The summed E-state index contributed by atoms with van der Waals surface area (Å²) in [6.07, 6.45) is 0.672. The Balaban J connectivity index is 1.88. The van der Waals surface area contributed by atoms with E-state index in [0.29, 0.717) is 6.42 Å². The molecule has 1 atom stereocenters. The first-order valence-corrected chi connectivity index (χ1v) is 7.21. The average molecular weight is 303 g/mol. The summed E-state index contributed by atoms with van der Waals surface area (Å²) in [4.78, 5) is 30.6. The molecule has 1 aromatic carbocycles. The topological polar surface area (TPSA) is 71.0 Å². The van der Waals surface area contributed by atoms with Crippen LogP contribution in [0.5, 0.6) is 0 Å². The lowest BCUT2D eigenvalue weighted by atomic mass is 9.95. The van der Waals surface area contributed by atoms with Gasteiger partial charge in [0.1, 0.15) is 0 Å². The van der Waals surface area contributed by atoms with E-state index in [0.717, 1.165) is 11.3 Å². The van der Waals surface area contributed by atoms with E-state index < -0.39 is 5.60 Å².